The molecule has 1 aromatic heterocycles. The normalized spacial score (nSPS) is 28.6. The fourth-order valence-corrected chi connectivity index (χ4v) is 5.24. The second-order valence-corrected chi connectivity index (χ2v) is 8.52. The van der Waals surface area contributed by atoms with Crippen LogP contribution in [0.1, 0.15) is 29.6 Å². The monoisotopic (exact) mass is 357 g/mol. The van der Waals surface area contributed by atoms with Gasteiger partial charge in [-0.25, -0.2) is 0 Å². The quantitative estimate of drug-likeness (QED) is 0.884. The first-order chi connectivity index (χ1) is 12.3. The molecule has 0 unspecified atom stereocenters. The van der Waals surface area contributed by atoms with Crippen LogP contribution in [0, 0.1) is 0 Å². The number of thioether (sulfide) groups is 1. The minimum Gasteiger partial charge on any atom is -0.441 e. The van der Waals surface area contributed by atoms with Crippen molar-refractivity contribution in [3.05, 3.63) is 29.8 Å². The van der Waals surface area contributed by atoms with Gasteiger partial charge in [0, 0.05) is 59.7 Å². The van der Waals surface area contributed by atoms with Gasteiger partial charge in [-0.1, -0.05) is 6.07 Å². The van der Waals surface area contributed by atoms with Crippen molar-refractivity contribution in [3.8, 4) is 0 Å². The van der Waals surface area contributed by atoms with Crippen LogP contribution in [0.25, 0.3) is 11.0 Å². The summed E-state index contributed by atoms with van der Waals surface area (Å²) in [6.45, 7) is 2.05. The second kappa shape index (κ2) is 6.25. The summed E-state index contributed by atoms with van der Waals surface area (Å²) in [5.41, 5.74) is 1.48. The summed E-state index contributed by atoms with van der Waals surface area (Å²) in [4.78, 5) is 14.9. The lowest BCUT2D eigenvalue weighted by atomic mass is 9.95. The molecule has 5 nitrogen and oxygen atoms in total. The van der Waals surface area contributed by atoms with E-state index in [1.807, 2.05) is 30.0 Å². The molecule has 3 aliphatic rings. The molecule has 3 saturated heterocycles. The van der Waals surface area contributed by atoms with E-state index in [2.05, 4.69) is 21.6 Å². The van der Waals surface area contributed by atoms with E-state index in [1.165, 1.54) is 12.8 Å². The molecule has 132 valence electrons. The van der Waals surface area contributed by atoms with E-state index in [1.54, 1.807) is 0 Å². The molecule has 1 amide bonds. The number of nitrogens with zero attached hydrogens (tertiary/aromatic N) is 1. The van der Waals surface area contributed by atoms with Crippen molar-refractivity contribution in [2.24, 2.45) is 0 Å². The van der Waals surface area contributed by atoms with Crippen molar-refractivity contribution in [2.75, 3.05) is 29.5 Å². The van der Waals surface area contributed by atoms with Crippen molar-refractivity contribution < 1.29 is 9.21 Å². The molecule has 0 radical (unpaired) electrons. The standard InChI is InChI=1S/C19H23N3O2S/c23-19(21-16-11-14-3-4-15(16)20-14)13-2-1-12-10-18(24-17(12)9-13)22-5-7-25-8-6-22/h1-2,9-10,14-16,20H,3-8,11H2,(H,21,23)/t14-,15+,16-/m1/s1. The first-order valence-electron chi connectivity index (χ1n) is 9.19. The zero-order valence-electron chi connectivity index (χ0n) is 14.2. The van der Waals surface area contributed by atoms with Gasteiger partial charge in [0.05, 0.1) is 0 Å². The summed E-state index contributed by atoms with van der Waals surface area (Å²) in [5.74, 6) is 3.21. The number of amides is 1. The predicted molar refractivity (Wildman–Crippen MR) is 102 cm³/mol. The molecule has 3 atom stereocenters. The molecule has 6 heteroatoms. The number of carbonyl (C=O) groups excluding carboxylic acids is 1. The number of nitrogens with one attached hydrogen (secondary N) is 2. The molecule has 2 N–H and O–H groups in total. The Bertz CT molecular complexity index is 799. The highest BCUT2D eigenvalue weighted by Gasteiger charge is 2.39. The number of hydrogen-bond acceptors (Lipinski definition) is 5. The number of hydrogen-bond donors (Lipinski definition) is 2. The van der Waals surface area contributed by atoms with Crippen LogP contribution in [-0.4, -0.2) is 48.6 Å². The molecule has 25 heavy (non-hydrogen) atoms. The highest BCUT2D eigenvalue weighted by Crippen LogP contribution is 2.30. The highest BCUT2D eigenvalue weighted by atomic mass is 32.2. The van der Waals surface area contributed by atoms with E-state index in [9.17, 15) is 4.79 Å². The van der Waals surface area contributed by atoms with Crippen molar-refractivity contribution in [1.82, 2.24) is 10.6 Å². The Morgan fingerprint density at radius 2 is 2.12 bits per heavy atom. The first kappa shape index (κ1) is 15.6. The fraction of sp³-hybridized carbons (Fsp3) is 0.526. The Morgan fingerprint density at radius 1 is 1.24 bits per heavy atom. The Labute approximate surface area is 151 Å². The van der Waals surface area contributed by atoms with Crippen LogP contribution in [0.3, 0.4) is 0 Å². The third kappa shape index (κ3) is 2.91. The van der Waals surface area contributed by atoms with Crippen molar-refractivity contribution >= 4 is 34.5 Å². The van der Waals surface area contributed by atoms with Crippen molar-refractivity contribution in [2.45, 2.75) is 37.4 Å². The summed E-state index contributed by atoms with van der Waals surface area (Å²) < 4.78 is 6.04. The number of anilines is 1. The van der Waals surface area contributed by atoms with Gasteiger partial charge in [0.25, 0.3) is 5.91 Å². The number of fused-ring (bicyclic) bond motifs is 3. The predicted octanol–water partition coefficient (Wildman–Crippen LogP) is 2.61. The molecular formula is C19H23N3O2S. The van der Waals surface area contributed by atoms with Gasteiger partial charge in [-0.15, -0.1) is 0 Å². The van der Waals surface area contributed by atoms with Crippen molar-refractivity contribution in [3.63, 3.8) is 0 Å². The SMILES string of the molecule is O=C(N[C@@H]1C[C@H]2CC[C@@H]1N2)c1ccc2cc(N3CCSCC3)oc2c1. The van der Waals surface area contributed by atoms with Gasteiger partial charge in [0.15, 0.2) is 5.88 Å². The summed E-state index contributed by atoms with van der Waals surface area (Å²) >= 11 is 1.99. The van der Waals surface area contributed by atoms with Gasteiger partial charge in [0.1, 0.15) is 5.58 Å². The van der Waals surface area contributed by atoms with Gasteiger partial charge in [-0.3, -0.25) is 4.79 Å². The number of carbonyl (C=O) groups is 1. The minimum absolute atomic E-state index is 0.00794. The maximum absolute atomic E-state index is 12.6. The number of rotatable bonds is 3. The van der Waals surface area contributed by atoms with Crippen molar-refractivity contribution in [1.29, 1.82) is 0 Å². The zero-order valence-corrected chi connectivity index (χ0v) is 15.0. The topological polar surface area (TPSA) is 57.5 Å². The van der Waals surface area contributed by atoms with E-state index in [0.717, 1.165) is 47.9 Å². The van der Waals surface area contributed by atoms with Gasteiger partial charge in [-0.05, 0) is 31.4 Å². The Kier molecular flexibility index (Phi) is 3.90. The molecule has 0 aliphatic carbocycles. The smallest absolute Gasteiger partial charge is 0.251 e. The summed E-state index contributed by atoms with van der Waals surface area (Å²) in [5, 5.41) is 7.83. The summed E-state index contributed by atoms with van der Waals surface area (Å²) in [6, 6.07) is 9.18. The Hall–Kier alpha value is -1.66. The third-order valence-electron chi connectivity index (χ3n) is 5.71. The third-order valence-corrected chi connectivity index (χ3v) is 6.65. The average molecular weight is 357 g/mol. The molecule has 5 rings (SSSR count). The van der Waals surface area contributed by atoms with E-state index in [4.69, 9.17) is 4.42 Å². The molecule has 1 aromatic carbocycles. The molecule has 4 heterocycles. The van der Waals surface area contributed by atoms with Crippen LogP contribution in [0.15, 0.2) is 28.7 Å². The molecule has 0 spiro atoms. The minimum atomic E-state index is 0.00794. The Balaban J connectivity index is 1.34. The number of furan rings is 1. The second-order valence-electron chi connectivity index (χ2n) is 7.30. The van der Waals surface area contributed by atoms with Crippen LogP contribution in [0.4, 0.5) is 5.88 Å². The fourth-order valence-electron chi connectivity index (χ4n) is 4.33. The van der Waals surface area contributed by atoms with Gasteiger partial charge in [0.2, 0.25) is 0 Å². The van der Waals surface area contributed by atoms with Gasteiger partial charge >= 0.3 is 0 Å². The van der Waals surface area contributed by atoms with Gasteiger partial charge < -0.3 is 20.0 Å². The molecule has 0 saturated carbocycles. The maximum atomic E-state index is 12.6. The lowest BCUT2D eigenvalue weighted by Crippen LogP contribution is -2.42. The van der Waals surface area contributed by atoms with Crippen LogP contribution < -0.4 is 15.5 Å². The Morgan fingerprint density at radius 3 is 2.88 bits per heavy atom. The van der Waals surface area contributed by atoms with E-state index < -0.39 is 0 Å². The van der Waals surface area contributed by atoms with E-state index in [0.29, 0.717) is 17.6 Å². The van der Waals surface area contributed by atoms with Crippen LogP contribution in [0.5, 0.6) is 0 Å². The molecule has 3 aliphatic heterocycles. The average Bonchev–Trinajstić information content (AvgIpc) is 3.36. The maximum Gasteiger partial charge on any atom is 0.251 e. The van der Waals surface area contributed by atoms with Crippen LogP contribution in [0.2, 0.25) is 0 Å². The molecule has 3 fully saturated rings. The lowest BCUT2D eigenvalue weighted by molar-refractivity contribution is 0.0931. The first-order valence-corrected chi connectivity index (χ1v) is 10.3. The zero-order chi connectivity index (χ0) is 16.8. The summed E-state index contributed by atoms with van der Waals surface area (Å²) in [7, 11) is 0. The number of benzene rings is 1. The molecule has 2 bridgehead atoms. The van der Waals surface area contributed by atoms with E-state index >= 15 is 0 Å². The largest absolute Gasteiger partial charge is 0.441 e. The molecule has 2 aromatic rings. The van der Waals surface area contributed by atoms with Gasteiger partial charge in [-0.2, -0.15) is 11.8 Å². The highest BCUT2D eigenvalue weighted by molar-refractivity contribution is 7.99. The van der Waals surface area contributed by atoms with E-state index in [-0.39, 0.29) is 11.9 Å². The summed E-state index contributed by atoms with van der Waals surface area (Å²) in [6.07, 6.45) is 3.47. The molecular weight excluding hydrogens is 334 g/mol. The van der Waals surface area contributed by atoms with Crippen LogP contribution >= 0.6 is 11.8 Å². The van der Waals surface area contributed by atoms with Crippen LogP contribution in [-0.2, 0) is 0 Å². The lowest BCUT2D eigenvalue weighted by Gasteiger charge is -2.25.